The Labute approximate surface area is 37.3 Å². The summed E-state index contributed by atoms with van der Waals surface area (Å²) in [5.41, 5.74) is 4.82. The van der Waals surface area contributed by atoms with Gasteiger partial charge in [0, 0.05) is 0 Å². The van der Waals surface area contributed by atoms with Crippen molar-refractivity contribution < 1.29 is 9.09 Å². The fraction of sp³-hybridized carbons (Fsp3) is 1.00. The highest BCUT2D eigenvalue weighted by Gasteiger charge is 2.00. The van der Waals surface area contributed by atoms with Crippen LogP contribution in [0.3, 0.4) is 0 Å². The Hall–Kier alpha value is 0.0200. The van der Waals surface area contributed by atoms with Gasteiger partial charge in [-0.05, 0) is 4.57 Å². The number of rotatable bonds is 2. The number of nitrogens with two attached hydrogens (primary N) is 1. The second-order valence-corrected chi connectivity index (χ2v) is 1.87. The third-order valence-corrected chi connectivity index (χ3v) is 0.769. The standard InChI is InChI=1S/C2H7NO2P/c1-6(4)5-2-3/h2-3H2,1H3/q+1. The summed E-state index contributed by atoms with van der Waals surface area (Å²) >= 11 is 0. The highest BCUT2D eigenvalue weighted by atomic mass is 31.1. The van der Waals surface area contributed by atoms with E-state index in [2.05, 4.69) is 4.52 Å². The molecule has 0 aromatic rings. The Morgan fingerprint density at radius 1 is 2.00 bits per heavy atom. The summed E-state index contributed by atoms with van der Waals surface area (Å²) in [5, 5.41) is 0. The largest absolute Gasteiger partial charge is 0.506 e. The summed E-state index contributed by atoms with van der Waals surface area (Å²) in [6.45, 7) is 1.51. The number of hydrogen-bond acceptors (Lipinski definition) is 3. The van der Waals surface area contributed by atoms with Crippen LogP contribution in [0.15, 0.2) is 0 Å². The first kappa shape index (κ1) is 6.02. The van der Waals surface area contributed by atoms with Crippen LogP contribution in [0.1, 0.15) is 0 Å². The first-order chi connectivity index (χ1) is 2.77. The first-order valence-corrected chi connectivity index (χ1v) is 3.13. The van der Waals surface area contributed by atoms with E-state index in [1.54, 1.807) is 0 Å². The molecule has 6 heavy (non-hydrogen) atoms. The highest BCUT2D eigenvalue weighted by Crippen LogP contribution is 2.11. The van der Waals surface area contributed by atoms with Gasteiger partial charge >= 0.3 is 8.03 Å². The lowest BCUT2D eigenvalue weighted by Crippen LogP contribution is -1.97. The Bertz CT molecular complexity index is 55.5. The van der Waals surface area contributed by atoms with Crippen molar-refractivity contribution in [1.82, 2.24) is 0 Å². The van der Waals surface area contributed by atoms with E-state index in [9.17, 15) is 4.57 Å². The summed E-state index contributed by atoms with van der Waals surface area (Å²) in [4.78, 5) is 0. The quantitative estimate of drug-likeness (QED) is 0.408. The summed E-state index contributed by atoms with van der Waals surface area (Å²) in [6.07, 6.45) is 0. The molecule has 3 nitrogen and oxygen atoms in total. The normalized spacial score (nSPS) is 11.3. The van der Waals surface area contributed by atoms with Crippen LogP contribution in [0.5, 0.6) is 0 Å². The van der Waals surface area contributed by atoms with Crippen molar-refractivity contribution in [3.05, 3.63) is 0 Å². The van der Waals surface area contributed by atoms with E-state index in [-0.39, 0.29) is 6.73 Å². The van der Waals surface area contributed by atoms with Crippen molar-refractivity contribution in [2.75, 3.05) is 13.4 Å². The van der Waals surface area contributed by atoms with E-state index in [0.29, 0.717) is 0 Å². The zero-order valence-electron chi connectivity index (χ0n) is 3.55. The maximum atomic E-state index is 9.89. The molecule has 0 aliphatic rings. The fourth-order valence-electron chi connectivity index (χ4n) is 0.105. The monoisotopic (exact) mass is 108 g/mol. The van der Waals surface area contributed by atoms with E-state index in [4.69, 9.17) is 5.73 Å². The lowest BCUT2D eigenvalue weighted by atomic mass is 11.4. The Morgan fingerprint density at radius 2 is 2.50 bits per heavy atom. The van der Waals surface area contributed by atoms with E-state index in [1.165, 1.54) is 6.66 Å². The second-order valence-electron chi connectivity index (χ2n) is 0.735. The topological polar surface area (TPSA) is 52.3 Å². The maximum Gasteiger partial charge on any atom is 0.506 e. The van der Waals surface area contributed by atoms with Gasteiger partial charge in [0.15, 0.2) is 13.4 Å². The molecule has 0 aromatic carbocycles. The van der Waals surface area contributed by atoms with Gasteiger partial charge < -0.3 is 5.73 Å². The van der Waals surface area contributed by atoms with E-state index >= 15 is 0 Å². The van der Waals surface area contributed by atoms with Gasteiger partial charge in [-0.25, -0.2) is 0 Å². The molecule has 0 saturated carbocycles. The predicted octanol–water partition coefficient (Wildman–Crippen LogP) is 0.291. The summed E-state index contributed by atoms with van der Waals surface area (Å²) in [7, 11) is -1.48. The van der Waals surface area contributed by atoms with Gasteiger partial charge in [-0.15, -0.1) is 4.52 Å². The molecule has 4 heteroatoms. The SMILES string of the molecule is C[P+](=O)OCN. The van der Waals surface area contributed by atoms with Gasteiger partial charge in [-0.3, -0.25) is 0 Å². The third-order valence-electron chi connectivity index (χ3n) is 0.256. The molecule has 0 saturated heterocycles. The lowest BCUT2D eigenvalue weighted by Gasteiger charge is -1.71. The zero-order chi connectivity index (χ0) is 4.99. The molecule has 0 amide bonds. The Morgan fingerprint density at radius 3 is 2.50 bits per heavy atom. The molecule has 2 N–H and O–H groups in total. The minimum atomic E-state index is -1.48. The molecule has 0 aliphatic carbocycles. The van der Waals surface area contributed by atoms with Gasteiger partial charge in [-0.1, -0.05) is 0 Å². The minimum Gasteiger partial charge on any atom is -0.305 e. The van der Waals surface area contributed by atoms with Crippen molar-refractivity contribution in [2.45, 2.75) is 0 Å². The molecule has 0 fully saturated rings. The molecule has 0 aromatic heterocycles. The molecule has 0 radical (unpaired) electrons. The van der Waals surface area contributed by atoms with Crippen LogP contribution in [-0.2, 0) is 9.09 Å². The molecule has 0 spiro atoms. The van der Waals surface area contributed by atoms with Crippen LogP contribution in [0.25, 0.3) is 0 Å². The van der Waals surface area contributed by atoms with Gasteiger partial charge in [-0.2, -0.15) is 0 Å². The van der Waals surface area contributed by atoms with Gasteiger partial charge in [0.25, 0.3) is 0 Å². The van der Waals surface area contributed by atoms with Crippen molar-refractivity contribution in [3.8, 4) is 0 Å². The van der Waals surface area contributed by atoms with Gasteiger partial charge in [0.05, 0.1) is 0 Å². The molecular formula is C2H7NO2P+. The molecule has 0 aliphatic heterocycles. The summed E-state index contributed by atoms with van der Waals surface area (Å²) in [5.74, 6) is 0. The molecule has 36 valence electrons. The smallest absolute Gasteiger partial charge is 0.305 e. The lowest BCUT2D eigenvalue weighted by molar-refractivity contribution is 0.344. The van der Waals surface area contributed by atoms with Crippen LogP contribution >= 0.6 is 8.03 Å². The van der Waals surface area contributed by atoms with E-state index < -0.39 is 8.03 Å². The highest BCUT2D eigenvalue weighted by molar-refractivity contribution is 7.38. The predicted molar refractivity (Wildman–Crippen MR) is 23.7 cm³/mol. The summed E-state index contributed by atoms with van der Waals surface area (Å²) in [6, 6.07) is 0. The van der Waals surface area contributed by atoms with E-state index in [1.807, 2.05) is 0 Å². The van der Waals surface area contributed by atoms with Gasteiger partial charge in [0.1, 0.15) is 0 Å². The molecule has 0 heterocycles. The average molecular weight is 108 g/mol. The van der Waals surface area contributed by atoms with Crippen LogP contribution in [0.2, 0.25) is 0 Å². The van der Waals surface area contributed by atoms with Crippen LogP contribution in [-0.4, -0.2) is 13.4 Å². The van der Waals surface area contributed by atoms with Crippen molar-refractivity contribution in [2.24, 2.45) is 5.73 Å². The Balaban J connectivity index is 2.83. The molecule has 1 atom stereocenters. The second kappa shape index (κ2) is 3.22. The van der Waals surface area contributed by atoms with Crippen LogP contribution in [0, 0.1) is 0 Å². The van der Waals surface area contributed by atoms with Gasteiger partial charge in [0.2, 0.25) is 0 Å². The number of hydrogen-bond donors (Lipinski definition) is 1. The van der Waals surface area contributed by atoms with Crippen LogP contribution in [0.4, 0.5) is 0 Å². The molecule has 0 bridgehead atoms. The summed E-state index contributed by atoms with van der Waals surface area (Å²) < 4.78 is 14.2. The average Bonchev–Trinajstić information content (AvgIpc) is 1.35. The molecular weight excluding hydrogens is 101 g/mol. The van der Waals surface area contributed by atoms with Crippen LogP contribution < -0.4 is 5.73 Å². The Kier molecular flexibility index (Phi) is 3.23. The van der Waals surface area contributed by atoms with Crippen molar-refractivity contribution in [1.29, 1.82) is 0 Å². The minimum absolute atomic E-state index is 0.0473. The molecule has 1 unspecified atom stereocenters. The fourth-order valence-corrected chi connectivity index (χ4v) is 0.315. The maximum absolute atomic E-state index is 9.89. The molecule has 0 rings (SSSR count). The zero-order valence-corrected chi connectivity index (χ0v) is 4.44. The first-order valence-electron chi connectivity index (χ1n) is 1.51. The van der Waals surface area contributed by atoms with E-state index in [0.717, 1.165) is 0 Å². The third kappa shape index (κ3) is 4.02. The van der Waals surface area contributed by atoms with Crippen molar-refractivity contribution >= 4 is 8.03 Å². The van der Waals surface area contributed by atoms with Crippen molar-refractivity contribution in [3.63, 3.8) is 0 Å².